The number of carbonyl (C=O) groups is 1. The van der Waals surface area contributed by atoms with Gasteiger partial charge < -0.3 is 4.57 Å². The number of hydrogen-bond acceptors (Lipinski definition) is 4. The van der Waals surface area contributed by atoms with Crippen LogP contribution in [0.1, 0.15) is 47.7 Å². The molecule has 0 saturated heterocycles. The first kappa shape index (κ1) is 22.1. The number of pyridine rings is 2. The number of unbranched alkanes of at least 4 members (excludes halogenated alkanes) is 2. The Kier molecular flexibility index (Phi) is 6.13. The fourth-order valence-corrected chi connectivity index (χ4v) is 3.81. The summed E-state index contributed by atoms with van der Waals surface area (Å²) in [6.45, 7) is 4.31. The number of nitriles is 1. The Morgan fingerprint density at radius 3 is 2.70 bits per heavy atom. The molecule has 0 atom stereocenters. The van der Waals surface area contributed by atoms with Crippen molar-refractivity contribution in [3.63, 3.8) is 0 Å². The molecule has 0 bridgehead atoms. The van der Waals surface area contributed by atoms with Crippen LogP contribution in [0.3, 0.4) is 0 Å². The van der Waals surface area contributed by atoms with Crippen LogP contribution < -0.4 is 11.0 Å². The maximum absolute atomic E-state index is 14.2. The zero-order valence-corrected chi connectivity index (χ0v) is 18.4. The van der Waals surface area contributed by atoms with Crippen LogP contribution in [0.15, 0.2) is 58.4 Å². The van der Waals surface area contributed by atoms with Gasteiger partial charge in [-0.15, -0.1) is 0 Å². The molecule has 33 heavy (non-hydrogen) atoms. The Labute approximate surface area is 189 Å². The van der Waals surface area contributed by atoms with E-state index >= 15 is 0 Å². The number of rotatable bonds is 5. The molecule has 8 heteroatoms. The van der Waals surface area contributed by atoms with E-state index in [1.165, 1.54) is 28.7 Å². The van der Waals surface area contributed by atoms with Crippen LogP contribution in [0.25, 0.3) is 16.7 Å². The van der Waals surface area contributed by atoms with Gasteiger partial charge in [0.1, 0.15) is 23.2 Å². The monoisotopic (exact) mass is 443 g/mol. The molecule has 0 saturated carbocycles. The number of benzene rings is 1. The minimum absolute atomic E-state index is 0.0511. The Bertz CT molecular complexity index is 1560. The number of aryl methyl sites for hydroxylation is 2. The normalized spacial score (nSPS) is 11.8. The van der Waals surface area contributed by atoms with E-state index in [2.05, 4.69) is 11.9 Å². The molecule has 3 heterocycles. The van der Waals surface area contributed by atoms with Crippen LogP contribution in [0.2, 0.25) is 0 Å². The fraction of sp³-hybridized carbons (Fsp3) is 0.240. The molecule has 4 rings (SSSR count). The van der Waals surface area contributed by atoms with E-state index in [-0.39, 0.29) is 27.6 Å². The molecule has 0 aliphatic rings. The summed E-state index contributed by atoms with van der Waals surface area (Å²) in [4.78, 5) is 34.9. The van der Waals surface area contributed by atoms with Gasteiger partial charge in [0, 0.05) is 12.7 Å². The lowest BCUT2D eigenvalue weighted by atomic mass is 10.2. The third-order valence-corrected chi connectivity index (χ3v) is 5.52. The van der Waals surface area contributed by atoms with Gasteiger partial charge in [-0.3, -0.25) is 14.0 Å². The van der Waals surface area contributed by atoms with Gasteiger partial charge in [-0.2, -0.15) is 10.3 Å². The van der Waals surface area contributed by atoms with E-state index in [1.807, 2.05) is 19.1 Å². The van der Waals surface area contributed by atoms with Gasteiger partial charge in [0.25, 0.3) is 11.5 Å². The van der Waals surface area contributed by atoms with Gasteiger partial charge in [-0.25, -0.2) is 9.37 Å². The first-order valence-corrected chi connectivity index (χ1v) is 10.8. The average molecular weight is 443 g/mol. The molecule has 0 unspecified atom stereocenters. The second kappa shape index (κ2) is 9.17. The van der Waals surface area contributed by atoms with Crippen molar-refractivity contribution in [2.24, 2.45) is 4.99 Å². The second-order valence-electron chi connectivity index (χ2n) is 7.79. The summed E-state index contributed by atoms with van der Waals surface area (Å²) in [5.41, 5.74) is 1.24. The standard InChI is InChI=1S/C25H22FN5O2/c1-3-4-7-12-30-22(29-24(32)18-10-5-6-11-20(18)26)17(15-27)14-19-23(30)28-21-16(2)9-8-13-31(21)25(19)33/h5-6,8-11,13-14H,3-4,7,12H2,1-2H3. The van der Waals surface area contributed by atoms with Crippen molar-refractivity contribution in [2.75, 3.05) is 0 Å². The quantitative estimate of drug-likeness (QED) is 0.345. The topological polar surface area (TPSA) is 92.5 Å². The van der Waals surface area contributed by atoms with Crippen molar-refractivity contribution in [3.05, 3.63) is 87.0 Å². The number of halogens is 1. The summed E-state index contributed by atoms with van der Waals surface area (Å²) >= 11 is 0. The van der Waals surface area contributed by atoms with Crippen LogP contribution in [0.5, 0.6) is 0 Å². The smallest absolute Gasteiger partial charge is 0.281 e. The van der Waals surface area contributed by atoms with Crippen molar-refractivity contribution < 1.29 is 9.18 Å². The largest absolute Gasteiger partial charge is 0.309 e. The highest BCUT2D eigenvalue weighted by atomic mass is 19.1. The molecule has 0 aliphatic carbocycles. The Morgan fingerprint density at radius 1 is 1.18 bits per heavy atom. The molecule has 7 nitrogen and oxygen atoms in total. The van der Waals surface area contributed by atoms with Crippen LogP contribution in [0, 0.1) is 24.1 Å². The molecular weight excluding hydrogens is 421 g/mol. The zero-order valence-electron chi connectivity index (χ0n) is 18.4. The van der Waals surface area contributed by atoms with Gasteiger partial charge >= 0.3 is 0 Å². The highest BCUT2D eigenvalue weighted by Gasteiger charge is 2.17. The molecule has 4 aromatic rings. The highest BCUT2D eigenvalue weighted by molar-refractivity contribution is 5.95. The zero-order chi connectivity index (χ0) is 23.5. The van der Waals surface area contributed by atoms with Gasteiger partial charge in [0.2, 0.25) is 0 Å². The lowest BCUT2D eigenvalue weighted by Gasteiger charge is -2.14. The Hall–Kier alpha value is -4.12. The van der Waals surface area contributed by atoms with Crippen molar-refractivity contribution in [1.29, 1.82) is 5.26 Å². The minimum Gasteiger partial charge on any atom is -0.309 e. The van der Waals surface area contributed by atoms with Crippen molar-refractivity contribution >= 4 is 22.6 Å². The molecule has 0 aliphatic heterocycles. The molecule has 0 spiro atoms. The van der Waals surface area contributed by atoms with Crippen molar-refractivity contribution in [3.8, 4) is 6.07 Å². The molecule has 1 amide bonds. The number of fused-ring (bicyclic) bond motifs is 2. The second-order valence-corrected chi connectivity index (χ2v) is 7.79. The van der Waals surface area contributed by atoms with Gasteiger partial charge in [0.05, 0.1) is 16.5 Å². The summed E-state index contributed by atoms with van der Waals surface area (Å²) in [6.07, 6.45) is 4.22. The highest BCUT2D eigenvalue weighted by Crippen LogP contribution is 2.14. The van der Waals surface area contributed by atoms with E-state index < -0.39 is 11.7 Å². The maximum atomic E-state index is 14.2. The molecule has 0 radical (unpaired) electrons. The van der Waals surface area contributed by atoms with E-state index in [0.717, 1.165) is 24.8 Å². The summed E-state index contributed by atoms with van der Waals surface area (Å²) < 4.78 is 17.3. The van der Waals surface area contributed by atoms with Gasteiger partial charge in [0.15, 0.2) is 5.49 Å². The van der Waals surface area contributed by atoms with Crippen LogP contribution in [0.4, 0.5) is 4.39 Å². The average Bonchev–Trinajstić information content (AvgIpc) is 2.81. The Morgan fingerprint density at radius 2 is 1.97 bits per heavy atom. The molecule has 166 valence electrons. The molecule has 0 fully saturated rings. The minimum atomic E-state index is -0.804. The predicted octanol–water partition coefficient (Wildman–Crippen LogP) is 3.90. The SMILES string of the molecule is CCCCCn1c(=NC(=O)c2ccccc2F)c(C#N)cc2c(=O)n3cccc(C)c3nc21. The van der Waals surface area contributed by atoms with E-state index in [1.54, 1.807) is 22.9 Å². The summed E-state index contributed by atoms with van der Waals surface area (Å²) in [5.74, 6) is -1.50. The van der Waals surface area contributed by atoms with Gasteiger partial charge in [-0.05, 0) is 43.2 Å². The fourth-order valence-electron chi connectivity index (χ4n) is 3.81. The van der Waals surface area contributed by atoms with Crippen molar-refractivity contribution in [2.45, 2.75) is 39.7 Å². The summed E-state index contributed by atoms with van der Waals surface area (Å²) in [6, 6.07) is 12.6. The summed E-state index contributed by atoms with van der Waals surface area (Å²) in [5, 5.41) is 10.1. The lowest BCUT2D eigenvalue weighted by molar-refractivity contribution is 0.0993. The predicted molar refractivity (Wildman–Crippen MR) is 122 cm³/mol. The third-order valence-electron chi connectivity index (χ3n) is 5.52. The maximum Gasteiger partial charge on any atom is 0.281 e. The van der Waals surface area contributed by atoms with Crippen LogP contribution in [-0.2, 0) is 6.54 Å². The molecule has 0 N–H and O–H groups in total. The molecule has 1 aromatic carbocycles. The third kappa shape index (κ3) is 4.05. The van der Waals surface area contributed by atoms with Crippen LogP contribution >= 0.6 is 0 Å². The van der Waals surface area contributed by atoms with Crippen LogP contribution in [-0.4, -0.2) is 19.9 Å². The summed E-state index contributed by atoms with van der Waals surface area (Å²) in [7, 11) is 0. The lowest BCUT2D eigenvalue weighted by Crippen LogP contribution is -2.30. The Balaban J connectivity index is 2.09. The van der Waals surface area contributed by atoms with E-state index in [0.29, 0.717) is 17.8 Å². The molecular formula is C25H22FN5O2. The first-order chi connectivity index (χ1) is 16.0. The number of nitrogens with zero attached hydrogens (tertiary/aromatic N) is 5. The van der Waals surface area contributed by atoms with Crippen molar-refractivity contribution in [1.82, 2.24) is 14.0 Å². The van der Waals surface area contributed by atoms with E-state index in [4.69, 9.17) is 4.98 Å². The number of hydrogen-bond donors (Lipinski definition) is 0. The van der Waals surface area contributed by atoms with Gasteiger partial charge in [-0.1, -0.05) is 38.0 Å². The number of carbonyl (C=O) groups excluding carboxylic acids is 1. The number of aromatic nitrogens is 3. The first-order valence-electron chi connectivity index (χ1n) is 10.8. The van der Waals surface area contributed by atoms with E-state index in [9.17, 15) is 19.2 Å². The molecule has 3 aromatic heterocycles. The number of amides is 1.